The molecule has 0 bridgehead atoms. The number of hydrogen-bond donors (Lipinski definition) is 3. The van der Waals surface area contributed by atoms with E-state index < -0.39 is 21.6 Å². The molecule has 0 amide bonds. The second kappa shape index (κ2) is 10.3. The number of aliphatic imine (C=N–C) groups is 1. The van der Waals surface area contributed by atoms with Gasteiger partial charge in [0, 0.05) is 38.6 Å². The molecule has 7 nitrogen and oxygen atoms in total. The van der Waals surface area contributed by atoms with E-state index >= 15 is 0 Å². The minimum absolute atomic E-state index is 0.0552. The molecule has 11 heteroatoms. The molecule has 1 aromatic heterocycles. The first-order valence-electron chi connectivity index (χ1n) is 8.43. The number of nitrogens with one attached hydrogen (secondary N) is 3. The number of aromatic nitrogens is 1. The minimum Gasteiger partial charge on any atom is -0.370 e. The molecule has 0 aliphatic rings. The molecule has 27 heavy (non-hydrogen) atoms. The number of nitrogens with zero attached hydrogens (tertiary/aromatic N) is 2. The van der Waals surface area contributed by atoms with Gasteiger partial charge < -0.3 is 16.0 Å². The van der Waals surface area contributed by atoms with Gasteiger partial charge in [-0.05, 0) is 31.9 Å². The highest BCUT2D eigenvalue weighted by Crippen LogP contribution is 2.28. The van der Waals surface area contributed by atoms with Gasteiger partial charge >= 0.3 is 6.18 Å². The van der Waals surface area contributed by atoms with E-state index in [1.807, 2.05) is 6.92 Å². The molecule has 0 aromatic carbocycles. The number of anilines is 1. The van der Waals surface area contributed by atoms with Crippen molar-refractivity contribution in [1.82, 2.24) is 15.6 Å². The molecule has 3 N–H and O–H groups in total. The summed E-state index contributed by atoms with van der Waals surface area (Å²) in [6.07, 6.45) is -1.24. The van der Waals surface area contributed by atoms with E-state index in [1.165, 1.54) is 12.3 Å². The average Bonchev–Trinajstić information content (AvgIpc) is 2.57. The van der Waals surface area contributed by atoms with Gasteiger partial charge in [-0.25, -0.2) is 13.4 Å². The van der Waals surface area contributed by atoms with E-state index in [0.29, 0.717) is 37.7 Å². The molecule has 0 fully saturated rings. The van der Waals surface area contributed by atoms with Gasteiger partial charge in [0.1, 0.15) is 15.7 Å². The van der Waals surface area contributed by atoms with E-state index in [-0.39, 0.29) is 11.8 Å². The van der Waals surface area contributed by atoms with Crippen molar-refractivity contribution in [3.05, 3.63) is 23.9 Å². The van der Waals surface area contributed by atoms with E-state index in [1.54, 1.807) is 7.05 Å². The second-order valence-corrected chi connectivity index (χ2v) is 8.43. The van der Waals surface area contributed by atoms with Crippen LogP contribution in [0.3, 0.4) is 0 Å². The molecule has 0 saturated heterocycles. The quantitative estimate of drug-likeness (QED) is 0.328. The lowest BCUT2D eigenvalue weighted by Gasteiger charge is -2.17. The lowest BCUT2D eigenvalue weighted by molar-refractivity contribution is -0.137. The first kappa shape index (κ1) is 23.0. The summed E-state index contributed by atoms with van der Waals surface area (Å²) in [6.45, 7) is 2.97. The van der Waals surface area contributed by atoms with Crippen LogP contribution < -0.4 is 16.0 Å². The summed E-state index contributed by atoms with van der Waals surface area (Å²) in [6, 6.07) is 2.22. The van der Waals surface area contributed by atoms with Gasteiger partial charge in [-0.15, -0.1) is 0 Å². The normalized spacial score (nSPS) is 13.9. The molecule has 0 aliphatic heterocycles. The van der Waals surface area contributed by atoms with Crippen LogP contribution in [0.4, 0.5) is 19.0 Å². The molecule has 0 saturated carbocycles. The molecule has 1 atom stereocenters. The van der Waals surface area contributed by atoms with E-state index in [9.17, 15) is 21.6 Å². The molecule has 0 spiro atoms. The maximum atomic E-state index is 12.5. The lowest BCUT2D eigenvalue weighted by atomic mass is 10.2. The number of alkyl halides is 3. The summed E-state index contributed by atoms with van der Waals surface area (Å²) in [5.41, 5.74) is -0.783. The number of halogens is 3. The molecule has 0 radical (unpaired) electrons. The Morgan fingerprint density at radius 1 is 1.30 bits per heavy atom. The standard InChI is InChI=1S/C16H26F3N5O2S/c1-12(7-10-27(3,25)26)24-15(20-2)22-9-4-8-21-14-6-5-13(11-23-14)16(17,18)19/h5-6,11-12H,4,7-10H2,1-3H3,(H,21,23)(H2,20,22,24). The lowest BCUT2D eigenvalue weighted by Crippen LogP contribution is -2.43. The van der Waals surface area contributed by atoms with Crippen LogP contribution in [-0.4, -0.2) is 57.5 Å². The highest BCUT2D eigenvalue weighted by atomic mass is 32.2. The molecule has 154 valence electrons. The van der Waals surface area contributed by atoms with Crippen LogP contribution in [-0.2, 0) is 16.0 Å². The second-order valence-electron chi connectivity index (χ2n) is 6.17. The molecule has 1 heterocycles. The van der Waals surface area contributed by atoms with Crippen molar-refractivity contribution in [1.29, 1.82) is 0 Å². The number of guanidine groups is 1. The van der Waals surface area contributed by atoms with Crippen molar-refractivity contribution in [2.45, 2.75) is 32.0 Å². The fourth-order valence-electron chi connectivity index (χ4n) is 2.07. The van der Waals surface area contributed by atoms with Crippen molar-refractivity contribution < 1.29 is 21.6 Å². The predicted octanol–water partition coefficient (Wildman–Crippen LogP) is 1.89. The predicted molar refractivity (Wildman–Crippen MR) is 101 cm³/mol. The zero-order chi connectivity index (χ0) is 20.5. The maximum Gasteiger partial charge on any atom is 0.417 e. The number of hydrogen-bond acceptors (Lipinski definition) is 5. The highest BCUT2D eigenvalue weighted by Gasteiger charge is 2.30. The van der Waals surface area contributed by atoms with Crippen molar-refractivity contribution in [3.63, 3.8) is 0 Å². The first-order chi connectivity index (χ1) is 12.5. The van der Waals surface area contributed by atoms with Gasteiger partial charge in [0.05, 0.1) is 11.3 Å². The summed E-state index contributed by atoms with van der Waals surface area (Å²) < 4.78 is 59.7. The number of rotatable bonds is 9. The van der Waals surface area contributed by atoms with Crippen molar-refractivity contribution in [3.8, 4) is 0 Å². The molecule has 1 unspecified atom stereocenters. The van der Waals surface area contributed by atoms with Crippen molar-refractivity contribution >= 4 is 21.6 Å². The summed E-state index contributed by atoms with van der Waals surface area (Å²) in [5.74, 6) is 1.03. The van der Waals surface area contributed by atoms with Crippen LogP contribution in [0.15, 0.2) is 23.3 Å². The summed E-state index contributed by atoms with van der Waals surface area (Å²) in [4.78, 5) is 7.80. The maximum absolute atomic E-state index is 12.5. The topological polar surface area (TPSA) is 95.5 Å². The van der Waals surface area contributed by atoms with E-state index in [2.05, 4.69) is 25.9 Å². The first-order valence-corrected chi connectivity index (χ1v) is 10.5. The SMILES string of the molecule is CN=C(NCCCNc1ccc(C(F)(F)F)cn1)NC(C)CCS(C)(=O)=O. The summed E-state index contributed by atoms with van der Waals surface area (Å²) in [7, 11) is -1.39. The molecule has 0 aliphatic carbocycles. The van der Waals surface area contributed by atoms with Gasteiger partial charge in [-0.1, -0.05) is 0 Å². The average molecular weight is 409 g/mol. The Bertz CT molecular complexity index is 706. The van der Waals surface area contributed by atoms with E-state index in [4.69, 9.17) is 0 Å². The van der Waals surface area contributed by atoms with Crippen LogP contribution in [0.2, 0.25) is 0 Å². The zero-order valence-corrected chi connectivity index (χ0v) is 16.4. The molecule has 1 rings (SSSR count). The highest BCUT2D eigenvalue weighted by molar-refractivity contribution is 7.90. The summed E-state index contributed by atoms with van der Waals surface area (Å²) in [5, 5.41) is 9.14. The van der Waals surface area contributed by atoms with Crippen LogP contribution in [0.1, 0.15) is 25.3 Å². The fourth-order valence-corrected chi connectivity index (χ4v) is 2.85. The Morgan fingerprint density at radius 2 is 2.00 bits per heavy atom. The number of sulfone groups is 1. The Hall–Kier alpha value is -2.04. The van der Waals surface area contributed by atoms with Gasteiger partial charge in [-0.2, -0.15) is 13.2 Å². The minimum atomic E-state index is -4.39. The molecule has 1 aromatic rings. The van der Waals surface area contributed by atoms with Gasteiger partial charge in [0.15, 0.2) is 5.96 Å². The molecular weight excluding hydrogens is 383 g/mol. The van der Waals surface area contributed by atoms with Crippen LogP contribution in [0.5, 0.6) is 0 Å². The number of pyridine rings is 1. The Balaban J connectivity index is 2.27. The third-order valence-electron chi connectivity index (χ3n) is 3.57. The van der Waals surface area contributed by atoms with Gasteiger partial charge in [-0.3, -0.25) is 4.99 Å². The third kappa shape index (κ3) is 10.0. The van der Waals surface area contributed by atoms with Crippen LogP contribution in [0.25, 0.3) is 0 Å². The van der Waals surface area contributed by atoms with E-state index in [0.717, 1.165) is 12.3 Å². The monoisotopic (exact) mass is 409 g/mol. The van der Waals surface area contributed by atoms with Gasteiger partial charge in [0.25, 0.3) is 0 Å². The zero-order valence-electron chi connectivity index (χ0n) is 15.6. The molecular formula is C16H26F3N5O2S. The van der Waals surface area contributed by atoms with Crippen LogP contribution >= 0.6 is 0 Å². The van der Waals surface area contributed by atoms with Crippen molar-refractivity contribution in [2.24, 2.45) is 4.99 Å². The smallest absolute Gasteiger partial charge is 0.370 e. The van der Waals surface area contributed by atoms with Gasteiger partial charge in [0.2, 0.25) is 0 Å². The largest absolute Gasteiger partial charge is 0.417 e. The Morgan fingerprint density at radius 3 is 2.52 bits per heavy atom. The Labute approximate surface area is 157 Å². The third-order valence-corrected chi connectivity index (χ3v) is 4.55. The van der Waals surface area contributed by atoms with Crippen molar-refractivity contribution in [2.75, 3.05) is 37.5 Å². The Kier molecular flexibility index (Phi) is 8.80. The van der Waals surface area contributed by atoms with Crippen LogP contribution in [0, 0.1) is 0 Å². The summed E-state index contributed by atoms with van der Waals surface area (Å²) >= 11 is 0. The fraction of sp³-hybridized carbons (Fsp3) is 0.625.